The zero-order chi connectivity index (χ0) is 18.8. The maximum absolute atomic E-state index is 13.5. The maximum atomic E-state index is 13.5. The first-order chi connectivity index (χ1) is 12.4. The predicted molar refractivity (Wildman–Crippen MR) is 99.1 cm³/mol. The molecule has 26 heavy (non-hydrogen) atoms. The summed E-state index contributed by atoms with van der Waals surface area (Å²) in [5, 5.41) is 6.34. The number of nitrogens with one attached hydrogen (secondary N) is 2. The van der Waals surface area contributed by atoms with Gasteiger partial charge in [0.05, 0.1) is 18.1 Å². The number of carbonyl (C=O) groups is 1. The maximum Gasteiger partial charge on any atom is 0.318 e. The molecule has 7 nitrogen and oxygen atoms in total. The van der Waals surface area contributed by atoms with Crippen LogP contribution in [-0.4, -0.2) is 63.6 Å². The van der Waals surface area contributed by atoms with Gasteiger partial charge in [-0.05, 0) is 44.0 Å². The van der Waals surface area contributed by atoms with Gasteiger partial charge < -0.3 is 20.3 Å². The molecule has 1 atom stereocenters. The third kappa shape index (κ3) is 3.55. The second-order valence-corrected chi connectivity index (χ2v) is 9.31. The van der Waals surface area contributed by atoms with Crippen molar-refractivity contribution in [2.75, 3.05) is 39.4 Å². The van der Waals surface area contributed by atoms with Gasteiger partial charge in [0, 0.05) is 24.7 Å². The summed E-state index contributed by atoms with van der Waals surface area (Å²) in [6.07, 6.45) is 1.01. The summed E-state index contributed by atoms with van der Waals surface area (Å²) in [6.45, 7) is 4.38. The van der Waals surface area contributed by atoms with E-state index in [0.717, 1.165) is 6.54 Å². The number of piperidine rings is 1. The average molecular weight is 402 g/mol. The molecular formula is C17H24ClN3O4S. The SMILES string of the molecule is Cc1c(Cl)cccc1S(=O)(=O)[C@@]1(NC(=O)N2CCOCC2)CCCNC1. The predicted octanol–water partition coefficient (Wildman–Crippen LogP) is 1.54. The zero-order valence-corrected chi connectivity index (χ0v) is 16.3. The first-order valence-corrected chi connectivity index (χ1v) is 10.6. The Morgan fingerprint density at radius 2 is 2.08 bits per heavy atom. The second kappa shape index (κ2) is 7.72. The van der Waals surface area contributed by atoms with Gasteiger partial charge in [-0.25, -0.2) is 13.2 Å². The van der Waals surface area contributed by atoms with Crippen LogP contribution in [0.5, 0.6) is 0 Å². The van der Waals surface area contributed by atoms with Crippen LogP contribution in [0.4, 0.5) is 4.79 Å². The van der Waals surface area contributed by atoms with Crippen LogP contribution in [-0.2, 0) is 14.6 Å². The monoisotopic (exact) mass is 401 g/mol. The fourth-order valence-corrected chi connectivity index (χ4v) is 5.76. The van der Waals surface area contributed by atoms with Crippen molar-refractivity contribution >= 4 is 27.5 Å². The lowest BCUT2D eigenvalue weighted by Crippen LogP contribution is -2.64. The van der Waals surface area contributed by atoms with Crippen LogP contribution < -0.4 is 10.6 Å². The highest BCUT2D eigenvalue weighted by molar-refractivity contribution is 7.93. The molecule has 2 amide bonds. The highest BCUT2D eigenvalue weighted by Gasteiger charge is 2.48. The van der Waals surface area contributed by atoms with Crippen molar-refractivity contribution in [3.05, 3.63) is 28.8 Å². The van der Waals surface area contributed by atoms with Crippen LogP contribution in [0.15, 0.2) is 23.1 Å². The molecule has 144 valence electrons. The van der Waals surface area contributed by atoms with Crippen LogP contribution in [0.2, 0.25) is 5.02 Å². The fourth-order valence-electron chi connectivity index (χ4n) is 3.41. The Labute approximate surface area is 158 Å². The minimum Gasteiger partial charge on any atom is -0.378 e. The number of nitrogens with zero attached hydrogens (tertiary/aromatic N) is 1. The molecule has 0 spiro atoms. The first-order valence-electron chi connectivity index (χ1n) is 8.73. The van der Waals surface area contributed by atoms with E-state index < -0.39 is 14.7 Å². The van der Waals surface area contributed by atoms with Crippen molar-refractivity contribution in [1.82, 2.24) is 15.5 Å². The normalized spacial score (nSPS) is 24.3. The van der Waals surface area contributed by atoms with Gasteiger partial charge in [0.15, 0.2) is 4.87 Å². The smallest absolute Gasteiger partial charge is 0.318 e. The van der Waals surface area contributed by atoms with E-state index in [-0.39, 0.29) is 17.5 Å². The van der Waals surface area contributed by atoms with Crippen LogP contribution >= 0.6 is 11.6 Å². The molecule has 2 fully saturated rings. The van der Waals surface area contributed by atoms with Crippen molar-refractivity contribution in [2.24, 2.45) is 0 Å². The molecule has 9 heteroatoms. The lowest BCUT2D eigenvalue weighted by Gasteiger charge is -2.40. The van der Waals surface area contributed by atoms with E-state index in [2.05, 4.69) is 10.6 Å². The van der Waals surface area contributed by atoms with Crippen LogP contribution in [0.3, 0.4) is 0 Å². The number of rotatable bonds is 3. The van der Waals surface area contributed by atoms with Gasteiger partial charge >= 0.3 is 6.03 Å². The number of hydrogen-bond acceptors (Lipinski definition) is 5. The summed E-state index contributed by atoms with van der Waals surface area (Å²) < 4.78 is 32.4. The van der Waals surface area contributed by atoms with Crippen molar-refractivity contribution in [1.29, 1.82) is 0 Å². The number of ether oxygens (including phenoxy) is 1. The van der Waals surface area contributed by atoms with Gasteiger partial charge in [-0.2, -0.15) is 0 Å². The lowest BCUT2D eigenvalue weighted by molar-refractivity contribution is 0.0517. The van der Waals surface area contributed by atoms with Gasteiger partial charge in [0.1, 0.15) is 0 Å². The third-order valence-corrected chi connectivity index (χ3v) is 7.91. The largest absolute Gasteiger partial charge is 0.378 e. The van der Waals surface area contributed by atoms with E-state index in [9.17, 15) is 13.2 Å². The summed E-state index contributed by atoms with van der Waals surface area (Å²) in [5.41, 5.74) is 0.500. The lowest BCUT2D eigenvalue weighted by atomic mass is 10.1. The van der Waals surface area contributed by atoms with Gasteiger partial charge in [0.25, 0.3) is 0 Å². The minimum absolute atomic E-state index is 0.163. The van der Waals surface area contributed by atoms with E-state index in [1.165, 1.54) is 0 Å². The van der Waals surface area contributed by atoms with Crippen molar-refractivity contribution in [2.45, 2.75) is 29.5 Å². The van der Waals surface area contributed by atoms with Crippen molar-refractivity contribution in [3.63, 3.8) is 0 Å². The molecule has 0 saturated carbocycles. The molecule has 0 bridgehead atoms. The molecule has 0 aliphatic carbocycles. The third-order valence-electron chi connectivity index (χ3n) is 5.00. The molecule has 0 aromatic heterocycles. The quantitative estimate of drug-likeness (QED) is 0.802. The van der Waals surface area contributed by atoms with Crippen LogP contribution in [0, 0.1) is 6.92 Å². The number of amides is 2. The Hall–Kier alpha value is -1.35. The molecule has 3 rings (SSSR count). The van der Waals surface area contributed by atoms with Gasteiger partial charge in [-0.1, -0.05) is 17.7 Å². The summed E-state index contributed by atoms with van der Waals surface area (Å²) in [5.74, 6) is 0. The number of benzene rings is 1. The molecular weight excluding hydrogens is 378 g/mol. The van der Waals surface area contributed by atoms with Crippen molar-refractivity contribution < 1.29 is 17.9 Å². The molecule has 2 aliphatic heterocycles. The number of sulfone groups is 1. The molecule has 1 aromatic rings. The van der Waals surface area contributed by atoms with Crippen molar-refractivity contribution in [3.8, 4) is 0 Å². The first kappa shape index (κ1) is 19.4. The number of urea groups is 1. The topological polar surface area (TPSA) is 87.7 Å². The summed E-state index contributed by atoms with van der Waals surface area (Å²) >= 11 is 6.14. The van der Waals surface area contributed by atoms with E-state index in [4.69, 9.17) is 16.3 Å². The molecule has 0 radical (unpaired) electrons. The zero-order valence-electron chi connectivity index (χ0n) is 14.8. The Kier molecular flexibility index (Phi) is 5.76. The van der Waals surface area contributed by atoms with Gasteiger partial charge in [-0.15, -0.1) is 0 Å². The molecule has 2 N–H and O–H groups in total. The number of carbonyl (C=O) groups excluding carboxylic acids is 1. The Morgan fingerprint density at radius 1 is 1.35 bits per heavy atom. The van der Waals surface area contributed by atoms with Crippen LogP contribution in [0.1, 0.15) is 18.4 Å². The Morgan fingerprint density at radius 3 is 2.73 bits per heavy atom. The highest BCUT2D eigenvalue weighted by atomic mass is 35.5. The van der Waals surface area contributed by atoms with Gasteiger partial charge in [-0.3, -0.25) is 0 Å². The molecule has 0 unspecified atom stereocenters. The van der Waals surface area contributed by atoms with Gasteiger partial charge in [0.2, 0.25) is 9.84 Å². The molecule has 2 saturated heterocycles. The van der Waals surface area contributed by atoms with E-state index in [1.54, 1.807) is 30.0 Å². The standard InChI is InChI=1S/C17H24ClN3O4S/c1-13-14(18)4-2-5-15(13)26(23,24)17(6-3-7-19-12-17)20-16(22)21-8-10-25-11-9-21/h2,4-5,19H,3,6-12H2,1H3,(H,20,22)/t17-/m0/s1. The molecule has 2 aliphatic rings. The average Bonchev–Trinajstić information content (AvgIpc) is 2.65. The summed E-state index contributed by atoms with van der Waals surface area (Å²) in [7, 11) is -3.85. The molecule has 1 aromatic carbocycles. The highest BCUT2D eigenvalue weighted by Crippen LogP contribution is 2.33. The van der Waals surface area contributed by atoms with Crippen LogP contribution in [0.25, 0.3) is 0 Å². The number of hydrogen-bond donors (Lipinski definition) is 2. The second-order valence-electron chi connectivity index (χ2n) is 6.67. The number of morpholine rings is 1. The summed E-state index contributed by atoms with van der Waals surface area (Å²) in [4.78, 5) is 13.1. The Balaban J connectivity index is 1.96. The Bertz CT molecular complexity index is 772. The van der Waals surface area contributed by atoms with E-state index in [1.807, 2.05) is 0 Å². The fraction of sp³-hybridized carbons (Fsp3) is 0.588. The summed E-state index contributed by atoms with van der Waals surface area (Å²) in [6, 6.07) is 4.46. The minimum atomic E-state index is -3.85. The van der Waals surface area contributed by atoms with E-state index >= 15 is 0 Å². The van der Waals surface area contributed by atoms with E-state index in [0.29, 0.717) is 49.7 Å². The molecule has 2 heterocycles. The number of halogens is 1.